The van der Waals surface area contributed by atoms with Crippen LogP contribution in [0, 0.1) is 0 Å². The first kappa shape index (κ1) is 21.7. The van der Waals surface area contributed by atoms with Gasteiger partial charge in [-0.2, -0.15) is 0 Å². The zero-order chi connectivity index (χ0) is 19.5. The van der Waals surface area contributed by atoms with Gasteiger partial charge < -0.3 is 10.2 Å². The molecule has 0 saturated carbocycles. The molecule has 1 unspecified atom stereocenters. The second-order valence-corrected chi connectivity index (χ2v) is 8.22. The average Bonchev–Trinajstić information content (AvgIpc) is 3.01. The molecule has 0 amide bonds. The van der Waals surface area contributed by atoms with Crippen LogP contribution in [0.2, 0.25) is 0 Å². The maximum Gasteiger partial charge on any atom is 0.303 e. The number of aliphatic hydroxyl groups excluding tert-OH is 1. The first-order valence-electron chi connectivity index (χ1n) is 9.88. The van der Waals surface area contributed by atoms with Crippen LogP contribution >= 0.6 is 11.8 Å². The van der Waals surface area contributed by atoms with Gasteiger partial charge in [0.2, 0.25) is 0 Å². The first-order valence-corrected chi connectivity index (χ1v) is 10.9. The number of hydrogen-bond acceptors (Lipinski definition) is 4. The van der Waals surface area contributed by atoms with Crippen molar-refractivity contribution >= 4 is 23.5 Å². The number of ketones is 1. The summed E-state index contributed by atoms with van der Waals surface area (Å²) in [6.07, 6.45) is 7.13. The number of rotatable bonds is 13. The van der Waals surface area contributed by atoms with Crippen molar-refractivity contribution in [2.75, 3.05) is 5.75 Å². The van der Waals surface area contributed by atoms with Crippen molar-refractivity contribution in [2.24, 2.45) is 0 Å². The van der Waals surface area contributed by atoms with E-state index >= 15 is 0 Å². The van der Waals surface area contributed by atoms with E-state index in [4.69, 9.17) is 5.11 Å². The molecule has 27 heavy (non-hydrogen) atoms. The van der Waals surface area contributed by atoms with Crippen molar-refractivity contribution in [3.05, 3.63) is 41.5 Å². The number of carbonyl (C=O) groups excluding carboxylic acids is 1. The third kappa shape index (κ3) is 8.31. The Balaban J connectivity index is 1.70. The van der Waals surface area contributed by atoms with E-state index in [2.05, 4.69) is 0 Å². The predicted octanol–water partition coefficient (Wildman–Crippen LogP) is 5.00. The van der Waals surface area contributed by atoms with Gasteiger partial charge in [-0.05, 0) is 56.2 Å². The topological polar surface area (TPSA) is 74.6 Å². The molecular formula is C22H30O4S. The number of aliphatic carboxylic acids is 1. The van der Waals surface area contributed by atoms with Crippen molar-refractivity contribution in [1.82, 2.24) is 0 Å². The van der Waals surface area contributed by atoms with Crippen LogP contribution in [0.3, 0.4) is 0 Å². The lowest BCUT2D eigenvalue weighted by atomic mass is 9.99. The van der Waals surface area contributed by atoms with Crippen molar-refractivity contribution < 1.29 is 19.8 Å². The van der Waals surface area contributed by atoms with Gasteiger partial charge in [-0.3, -0.25) is 9.59 Å². The number of Topliss-reactive ketones (excluding diaryl/α,β-unsaturated/α-hetero) is 1. The Morgan fingerprint density at radius 2 is 1.78 bits per heavy atom. The Hall–Kier alpha value is -1.59. The quantitative estimate of drug-likeness (QED) is 0.366. The fourth-order valence-electron chi connectivity index (χ4n) is 3.42. The van der Waals surface area contributed by atoms with Crippen LogP contribution in [0.1, 0.15) is 64.2 Å². The second kappa shape index (κ2) is 12.0. The molecule has 2 N–H and O–H groups in total. The highest BCUT2D eigenvalue weighted by Gasteiger charge is 2.22. The molecule has 2 rings (SSSR count). The van der Waals surface area contributed by atoms with E-state index in [-0.39, 0.29) is 18.3 Å². The number of thioether (sulfide) groups is 1. The number of carboxylic acid groups (broad SMARTS) is 1. The van der Waals surface area contributed by atoms with Gasteiger partial charge in [0.1, 0.15) is 0 Å². The van der Waals surface area contributed by atoms with Gasteiger partial charge in [-0.1, -0.05) is 36.6 Å². The maximum absolute atomic E-state index is 12.1. The van der Waals surface area contributed by atoms with Crippen LogP contribution in [-0.2, 0) is 9.59 Å². The van der Waals surface area contributed by atoms with E-state index in [9.17, 15) is 14.7 Å². The molecule has 1 atom stereocenters. The van der Waals surface area contributed by atoms with Crippen LogP contribution in [0.4, 0.5) is 0 Å². The standard InChI is InChI=1S/C22H30O4S/c23-18(16-27-19-8-4-3-5-9-19)14-12-17-13-15-21(24)20(17)10-6-1-2-7-11-22(25)26/h3-5,8-9,18,23H,1-2,6-7,10-16H2,(H,25,26). The minimum absolute atomic E-state index is 0.228. The summed E-state index contributed by atoms with van der Waals surface area (Å²) in [4.78, 5) is 23.8. The van der Waals surface area contributed by atoms with E-state index in [1.807, 2.05) is 30.3 Å². The normalized spacial score (nSPS) is 15.4. The molecule has 0 radical (unpaired) electrons. The Bertz CT molecular complexity index is 639. The van der Waals surface area contributed by atoms with E-state index in [1.165, 1.54) is 5.57 Å². The van der Waals surface area contributed by atoms with E-state index in [1.54, 1.807) is 11.8 Å². The summed E-state index contributed by atoms with van der Waals surface area (Å²) >= 11 is 1.66. The van der Waals surface area contributed by atoms with Gasteiger partial charge in [0.05, 0.1) is 6.10 Å². The molecule has 1 aromatic carbocycles. The highest BCUT2D eigenvalue weighted by atomic mass is 32.2. The van der Waals surface area contributed by atoms with Crippen LogP contribution in [-0.4, -0.2) is 33.8 Å². The minimum Gasteiger partial charge on any atom is -0.481 e. The number of carboxylic acids is 1. The molecule has 148 valence electrons. The highest BCUT2D eigenvalue weighted by Crippen LogP contribution is 2.31. The van der Waals surface area contributed by atoms with Gasteiger partial charge in [-0.15, -0.1) is 11.8 Å². The van der Waals surface area contributed by atoms with Crippen molar-refractivity contribution in [3.8, 4) is 0 Å². The Labute approximate surface area is 166 Å². The number of hydrogen-bond donors (Lipinski definition) is 2. The molecule has 0 spiro atoms. The predicted molar refractivity (Wildman–Crippen MR) is 109 cm³/mol. The number of carbonyl (C=O) groups is 2. The summed E-state index contributed by atoms with van der Waals surface area (Å²) in [6.45, 7) is 0. The summed E-state index contributed by atoms with van der Waals surface area (Å²) < 4.78 is 0. The molecule has 0 heterocycles. The SMILES string of the molecule is O=C(O)CCCCCCC1=C(CCC(O)CSc2ccccc2)CCC1=O. The Kier molecular flexibility index (Phi) is 9.64. The zero-order valence-electron chi connectivity index (χ0n) is 15.9. The van der Waals surface area contributed by atoms with Gasteiger partial charge in [0.15, 0.2) is 5.78 Å². The number of unbranched alkanes of at least 4 members (excludes halogenated alkanes) is 3. The molecule has 0 fully saturated rings. The summed E-state index contributed by atoms with van der Waals surface area (Å²) in [5.74, 6) is 0.197. The molecule has 4 nitrogen and oxygen atoms in total. The summed E-state index contributed by atoms with van der Waals surface area (Å²) in [6, 6.07) is 10.1. The third-order valence-corrected chi connectivity index (χ3v) is 6.11. The van der Waals surface area contributed by atoms with Crippen LogP contribution < -0.4 is 0 Å². The molecule has 5 heteroatoms. The largest absolute Gasteiger partial charge is 0.481 e. The molecule has 1 aromatic rings. The van der Waals surface area contributed by atoms with Gasteiger partial charge >= 0.3 is 5.97 Å². The zero-order valence-corrected chi connectivity index (χ0v) is 16.7. The van der Waals surface area contributed by atoms with Gasteiger partial charge in [0.25, 0.3) is 0 Å². The lowest BCUT2D eigenvalue weighted by molar-refractivity contribution is -0.137. The van der Waals surface area contributed by atoms with Crippen LogP contribution in [0.5, 0.6) is 0 Å². The summed E-state index contributed by atoms with van der Waals surface area (Å²) in [5.41, 5.74) is 2.21. The lowest BCUT2D eigenvalue weighted by Crippen LogP contribution is -2.10. The first-order chi connectivity index (χ1) is 13.1. The highest BCUT2D eigenvalue weighted by molar-refractivity contribution is 7.99. The second-order valence-electron chi connectivity index (χ2n) is 7.13. The van der Waals surface area contributed by atoms with E-state index in [0.717, 1.165) is 49.0 Å². The van der Waals surface area contributed by atoms with Crippen LogP contribution in [0.15, 0.2) is 46.4 Å². The van der Waals surface area contributed by atoms with E-state index in [0.29, 0.717) is 25.0 Å². The molecule has 1 aliphatic carbocycles. The number of aliphatic hydroxyl groups is 1. The fourth-order valence-corrected chi connectivity index (χ4v) is 4.32. The molecule has 0 aromatic heterocycles. The number of benzene rings is 1. The lowest BCUT2D eigenvalue weighted by Gasteiger charge is -2.12. The monoisotopic (exact) mass is 390 g/mol. The Morgan fingerprint density at radius 3 is 2.52 bits per heavy atom. The van der Waals surface area contributed by atoms with Crippen molar-refractivity contribution in [2.45, 2.75) is 75.2 Å². The average molecular weight is 391 g/mol. The van der Waals surface area contributed by atoms with Crippen molar-refractivity contribution in [3.63, 3.8) is 0 Å². The summed E-state index contributed by atoms with van der Waals surface area (Å²) in [7, 11) is 0. The molecule has 1 aliphatic rings. The minimum atomic E-state index is -0.741. The molecule has 0 bridgehead atoms. The molecule has 0 aliphatic heterocycles. The smallest absolute Gasteiger partial charge is 0.303 e. The number of allylic oxidation sites excluding steroid dienone is 2. The summed E-state index contributed by atoms with van der Waals surface area (Å²) in [5, 5.41) is 18.9. The fraction of sp³-hybridized carbons (Fsp3) is 0.545. The third-order valence-electron chi connectivity index (χ3n) is 4.95. The van der Waals surface area contributed by atoms with Gasteiger partial charge in [0, 0.05) is 23.5 Å². The van der Waals surface area contributed by atoms with Gasteiger partial charge in [-0.25, -0.2) is 0 Å². The van der Waals surface area contributed by atoms with E-state index < -0.39 is 5.97 Å². The molecule has 0 saturated heterocycles. The van der Waals surface area contributed by atoms with Crippen molar-refractivity contribution in [1.29, 1.82) is 0 Å². The Morgan fingerprint density at radius 1 is 1.04 bits per heavy atom. The molecular weight excluding hydrogens is 360 g/mol. The van der Waals surface area contributed by atoms with Crippen LogP contribution in [0.25, 0.3) is 0 Å². The maximum atomic E-state index is 12.1.